The van der Waals surface area contributed by atoms with Gasteiger partial charge in [-0.15, -0.1) is 0 Å². The minimum absolute atomic E-state index is 0.0337. The molecule has 1 aliphatic carbocycles. The zero-order valence-electron chi connectivity index (χ0n) is 32.6. The van der Waals surface area contributed by atoms with E-state index in [0.29, 0.717) is 5.92 Å². The first-order valence-electron chi connectivity index (χ1n) is 19.7. The number of aromatic nitrogens is 2. The van der Waals surface area contributed by atoms with Crippen LogP contribution in [0, 0.1) is 0 Å². The van der Waals surface area contributed by atoms with E-state index in [2.05, 4.69) is 191 Å². The molecule has 0 bridgehead atoms. The highest BCUT2D eigenvalue weighted by Gasteiger charge is 2.43. The lowest BCUT2D eigenvalue weighted by Gasteiger charge is -2.26. The zero-order chi connectivity index (χ0) is 37.1. The fourth-order valence-corrected chi connectivity index (χ4v) is 9.59. The number of fused-ring (bicyclic) bond motifs is 11. The van der Waals surface area contributed by atoms with Crippen molar-refractivity contribution in [2.24, 2.45) is 0 Å². The lowest BCUT2D eigenvalue weighted by atomic mass is 9.78. The van der Waals surface area contributed by atoms with Gasteiger partial charge < -0.3 is 0 Å². The predicted octanol–water partition coefficient (Wildman–Crippen LogP) is 12.1. The van der Waals surface area contributed by atoms with Gasteiger partial charge in [-0.1, -0.05) is 133 Å². The van der Waals surface area contributed by atoms with Crippen LogP contribution in [0.15, 0.2) is 134 Å². The molecular weight excluding hydrogens is 653 g/mol. The molecule has 2 nitrogen and oxygen atoms in total. The van der Waals surface area contributed by atoms with Crippen molar-refractivity contribution in [1.29, 1.82) is 0 Å². The number of pyridine rings is 2. The summed E-state index contributed by atoms with van der Waals surface area (Å²) in [5.41, 5.74) is 21.6. The van der Waals surface area contributed by atoms with Crippen molar-refractivity contribution in [2.75, 3.05) is 0 Å². The third kappa shape index (κ3) is 4.92. The average molecular weight is 701 g/mol. The number of nitrogens with zero attached hydrogens (tertiary/aromatic N) is 2. The van der Waals surface area contributed by atoms with Crippen LogP contribution in [0.2, 0.25) is 0 Å². The fraction of sp³-hybridized carbons (Fsp3) is 0.231. The van der Waals surface area contributed by atoms with Crippen LogP contribution in [0.25, 0.3) is 66.9 Å². The molecule has 0 unspecified atom stereocenters. The van der Waals surface area contributed by atoms with E-state index >= 15 is 0 Å². The quantitative estimate of drug-likeness (QED) is 0.159. The van der Waals surface area contributed by atoms with Crippen molar-refractivity contribution in [3.8, 4) is 44.8 Å². The van der Waals surface area contributed by atoms with Gasteiger partial charge in [0.15, 0.2) is 12.4 Å². The summed E-state index contributed by atoms with van der Waals surface area (Å²) >= 11 is 0. The van der Waals surface area contributed by atoms with Crippen LogP contribution in [0.1, 0.15) is 87.8 Å². The van der Waals surface area contributed by atoms with E-state index in [0.717, 1.165) is 12.8 Å². The summed E-state index contributed by atoms with van der Waals surface area (Å²) in [5, 5.41) is 2.68. The number of allylic oxidation sites excluding steroid dienone is 2. The van der Waals surface area contributed by atoms with Gasteiger partial charge in [0.2, 0.25) is 11.4 Å². The third-order valence-corrected chi connectivity index (χ3v) is 12.6. The molecule has 2 heteroatoms. The maximum absolute atomic E-state index is 2.57. The van der Waals surface area contributed by atoms with E-state index < -0.39 is 0 Å². The molecule has 3 aliphatic rings. The average Bonchev–Trinajstić information content (AvgIpc) is 3.41. The molecule has 0 spiro atoms. The normalized spacial score (nSPS) is 16.4. The smallest absolute Gasteiger partial charge is 0.158 e. The van der Waals surface area contributed by atoms with Crippen LogP contribution in [0.3, 0.4) is 0 Å². The van der Waals surface area contributed by atoms with E-state index in [-0.39, 0.29) is 10.8 Å². The fourth-order valence-electron chi connectivity index (χ4n) is 9.59. The summed E-state index contributed by atoms with van der Waals surface area (Å²) in [6.07, 6.45) is 6.44. The molecule has 264 valence electrons. The first-order valence-corrected chi connectivity index (χ1v) is 19.7. The van der Waals surface area contributed by atoms with Crippen LogP contribution >= 0.6 is 0 Å². The Bertz CT molecular complexity index is 2740. The van der Waals surface area contributed by atoms with Gasteiger partial charge in [-0.2, -0.15) is 9.13 Å². The summed E-state index contributed by atoms with van der Waals surface area (Å²) in [5.74, 6) is 0.434. The molecule has 5 aromatic carbocycles. The van der Waals surface area contributed by atoms with Gasteiger partial charge in [0.05, 0.1) is 24.0 Å². The summed E-state index contributed by atoms with van der Waals surface area (Å²) in [4.78, 5) is 0. The molecule has 0 saturated carbocycles. The van der Waals surface area contributed by atoms with Crippen LogP contribution in [0.4, 0.5) is 0 Å². The van der Waals surface area contributed by atoms with Crippen LogP contribution in [-0.2, 0) is 23.7 Å². The Labute approximate surface area is 320 Å². The SMILES string of the molecule is CC(C)c1cc[n+]2c(c1)-c1cc3c(cc1C/C2=C1/Cc2ccc(-c4ccccc4)cc2-c2cc(C(C)(C)C)cc[n+]21)C(C)(C)c1c-3ccc2ccccc12. The molecule has 10 rings (SSSR count). The van der Waals surface area contributed by atoms with Crippen molar-refractivity contribution < 1.29 is 9.13 Å². The van der Waals surface area contributed by atoms with Gasteiger partial charge >= 0.3 is 0 Å². The van der Waals surface area contributed by atoms with Crippen molar-refractivity contribution in [1.82, 2.24) is 0 Å². The maximum atomic E-state index is 2.57. The highest BCUT2D eigenvalue weighted by atomic mass is 15.1. The minimum atomic E-state index is -0.105. The van der Waals surface area contributed by atoms with Crippen molar-refractivity contribution >= 4 is 22.2 Å². The van der Waals surface area contributed by atoms with E-state index in [9.17, 15) is 0 Å². The molecule has 2 aromatic heterocycles. The summed E-state index contributed by atoms with van der Waals surface area (Å²) in [7, 11) is 0. The Balaban J connectivity index is 1.21. The molecule has 0 fully saturated rings. The highest BCUT2D eigenvalue weighted by Crippen LogP contribution is 2.53. The Kier molecular flexibility index (Phi) is 7.15. The van der Waals surface area contributed by atoms with Gasteiger partial charge in [-0.25, -0.2) is 0 Å². The zero-order valence-corrected chi connectivity index (χ0v) is 32.6. The van der Waals surface area contributed by atoms with Crippen molar-refractivity contribution in [2.45, 2.75) is 78.1 Å². The second kappa shape index (κ2) is 11.7. The molecule has 7 aromatic rings. The van der Waals surface area contributed by atoms with Gasteiger partial charge in [-0.05, 0) is 89.9 Å². The second-order valence-electron chi connectivity index (χ2n) is 17.7. The first-order chi connectivity index (χ1) is 26.0. The van der Waals surface area contributed by atoms with Crippen LogP contribution < -0.4 is 9.13 Å². The molecule has 0 N–H and O–H groups in total. The molecule has 2 aliphatic heterocycles. The number of hydrogen-bond acceptors (Lipinski definition) is 0. The Morgan fingerprint density at radius 2 is 1.26 bits per heavy atom. The number of benzene rings is 5. The van der Waals surface area contributed by atoms with E-state index in [1.54, 1.807) is 0 Å². The van der Waals surface area contributed by atoms with E-state index in [1.807, 2.05) is 0 Å². The first kappa shape index (κ1) is 33.0. The van der Waals surface area contributed by atoms with E-state index in [4.69, 9.17) is 0 Å². The van der Waals surface area contributed by atoms with Crippen molar-refractivity contribution in [3.05, 3.63) is 167 Å². The third-order valence-electron chi connectivity index (χ3n) is 12.6. The molecule has 4 heterocycles. The maximum Gasteiger partial charge on any atom is 0.259 e. The topological polar surface area (TPSA) is 7.76 Å². The Morgan fingerprint density at radius 3 is 2.02 bits per heavy atom. The van der Waals surface area contributed by atoms with Crippen molar-refractivity contribution in [3.63, 3.8) is 0 Å². The monoisotopic (exact) mass is 700 g/mol. The largest absolute Gasteiger partial charge is 0.259 e. The predicted molar refractivity (Wildman–Crippen MR) is 224 cm³/mol. The molecular formula is C52H48N2+2. The Hall–Kier alpha value is -5.60. The van der Waals surface area contributed by atoms with Gasteiger partial charge in [0.25, 0.3) is 11.4 Å². The minimum Gasteiger partial charge on any atom is -0.158 e. The Morgan fingerprint density at radius 1 is 0.574 bits per heavy atom. The lowest BCUT2D eigenvalue weighted by Crippen LogP contribution is -2.47. The summed E-state index contributed by atoms with van der Waals surface area (Å²) in [6, 6.07) is 46.2. The molecule has 0 amide bonds. The number of hydrogen-bond donors (Lipinski definition) is 0. The van der Waals surface area contributed by atoms with Gasteiger partial charge in [0.1, 0.15) is 0 Å². The molecule has 0 atom stereocenters. The highest BCUT2D eigenvalue weighted by molar-refractivity contribution is 5.98. The van der Waals surface area contributed by atoms with Crippen LogP contribution in [-0.4, -0.2) is 0 Å². The molecule has 0 radical (unpaired) electrons. The molecule has 54 heavy (non-hydrogen) atoms. The summed E-state index contributed by atoms with van der Waals surface area (Å²) < 4.78 is 5.04. The van der Waals surface area contributed by atoms with Gasteiger partial charge in [-0.3, -0.25) is 0 Å². The second-order valence-corrected chi connectivity index (χ2v) is 17.7. The molecule has 0 saturated heterocycles. The van der Waals surface area contributed by atoms with Crippen LogP contribution in [0.5, 0.6) is 0 Å². The standard InChI is InChI=1S/C52H48N2/c1-32(2)35-21-23-53-46(27-35)43-31-44-41-20-19-34-15-11-12-16-40(34)50(41)52(6,7)45(44)26-38(43)29-49(53)48-28-37-18-17-36(33-13-9-8-10-14-33)25-42(37)47-30-39(51(3,4)5)22-24-54(47)48/h8-27,30-32H,28-29H2,1-7H3/q+2/b49-48+. The van der Waals surface area contributed by atoms with Gasteiger partial charge in [0, 0.05) is 29.7 Å². The lowest BCUT2D eigenvalue weighted by molar-refractivity contribution is -0.602. The number of rotatable bonds is 2. The van der Waals surface area contributed by atoms with E-state index in [1.165, 1.54) is 100 Å². The summed E-state index contributed by atoms with van der Waals surface area (Å²) in [6.45, 7) is 16.4.